The molecule has 2 unspecified atom stereocenters. The first-order valence-corrected chi connectivity index (χ1v) is 8.36. The SMILES string of the molecule is CC(C)CC(=O)NC(C(=O)N(C)CCC(N)C(C)C)C(C)C.Cl. The van der Waals surface area contributed by atoms with E-state index in [2.05, 4.69) is 19.2 Å². The van der Waals surface area contributed by atoms with Crippen LogP contribution >= 0.6 is 12.4 Å². The maximum Gasteiger partial charge on any atom is 0.245 e. The van der Waals surface area contributed by atoms with E-state index in [0.717, 1.165) is 6.42 Å². The van der Waals surface area contributed by atoms with E-state index < -0.39 is 6.04 Å². The Labute approximate surface area is 148 Å². The summed E-state index contributed by atoms with van der Waals surface area (Å²) in [5.41, 5.74) is 6.03. The van der Waals surface area contributed by atoms with Crippen molar-refractivity contribution in [3.8, 4) is 0 Å². The molecule has 0 radical (unpaired) electrons. The zero-order chi connectivity index (χ0) is 17.4. The van der Waals surface area contributed by atoms with Gasteiger partial charge in [-0.1, -0.05) is 41.5 Å². The van der Waals surface area contributed by atoms with E-state index in [1.165, 1.54) is 0 Å². The number of carbonyl (C=O) groups is 2. The highest BCUT2D eigenvalue weighted by Crippen LogP contribution is 2.09. The molecule has 3 N–H and O–H groups in total. The van der Waals surface area contributed by atoms with Crippen LogP contribution in [0.5, 0.6) is 0 Å². The number of likely N-dealkylation sites (N-methyl/N-ethyl adjacent to an activating group) is 1. The second-order valence-electron chi connectivity index (χ2n) is 7.34. The summed E-state index contributed by atoms with van der Waals surface area (Å²) in [7, 11) is 1.78. The maximum absolute atomic E-state index is 12.6. The third-order valence-electron chi connectivity index (χ3n) is 3.87. The van der Waals surface area contributed by atoms with Crippen LogP contribution < -0.4 is 11.1 Å². The standard InChI is InChI=1S/C17H35N3O2.ClH/c1-11(2)10-15(21)19-16(13(5)6)17(22)20(7)9-8-14(18)12(3)4;/h11-14,16H,8-10,18H2,1-7H3,(H,19,21);1H. The first-order valence-electron chi connectivity index (χ1n) is 8.36. The van der Waals surface area contributed by atoms with Crippen LogP contribution in [0.25, 0.3) is 0 Å². The molecule has 0 spiro atoms. The highest BCUT2D eigenvalue weighted by atomic mass is 35.5. The van der Waals surface area contributed by atoms with Gasteiger partial charge < -0.3 is 16.0 Å². The fourth-order valence-electron chi connectivity index (χ4n) is 2.14. The molecule has 2 amide bonds. The molecule has 5 nitrogen and oxygen atoms in total. The van der Waals surface area contributed by atoms with Crippen molar-refractivity contribution in [1.29, 1.82) is 0 Å². The number of carbonyl (C=O) groups excluding carboxylic acids is 2. The smallest absolute Gasteiger partial charge is 0.245 e. The first kappa shape index (κ1) is 24.4. The van der Waals surface area contributed by atoms with Gasteiger partial charge in [-0.25, -0.2) is 0 Å². The van der Waals surface area contributed by atoms with Gasteiger partial charge in [-0.2, -0.15) is 0 Å². The summed E-state index contributed by atoms with van der Waals surface area (Å²) in [5.74, 6) is 0.641. The number of nitrogens with zero attached hydrogens (tertiary/aromatic N) is 1. The zero-order valence-corrected chi connectivity index (χ0v) is 16.6. The average Bonchev–Trinajstić information content (AvgIpc) is 2.39. The summed E-state index contributed by atoms with van der Waals surface area (Å²) in [6.45, 7) is 12.7. The van der Waals surface area contributed by atoms with Gasteiger partial charge in [0.05, 0.1) is 0 Å². The maximum atomic E-state index is 12.6. The van der Waals surface area contributed by atoms with Crippen molar-refractivity contribution in [2.45, 2.75) is 66.5 Å². The predicted molar refractivity (Wildman–Crippen MR) is 98.5 cm³/mol. The molecule has 0 bridgehead atoms. The van der Waals surface area contributed by atoms with Crippen LogP contribution in [0, 0.1) is 17.8 Å². The Bertz CT molecular complexity index is 360. The van der Waals surface area contributed by atoms with Gasteiger partial charge in [-0.15, -0.1) is 12.4 Å². The molecule has 0 aromatic heterocycles. The molecule has 2 atom stereocenters. The Balaban J connectivity index is 0. The van der Waals surface area contributed by atoms with Gasteiger partial charge in [0.1, 0.15) is 6.04 Å². The second-order valence-corrected chi connectivity index (χ2v) is 7.34. The molecule has 0 heterocycles. The van der Waals surface area contributed by atoms with Crippen molar-refractivity contribution in [3.63, 3.8) is 0 Å². The zero-order valence-electron chi connectivity index (χ0n) is 15.8. The molecule has 0 aliphatic carbocycles. The van der Waals surface area contributed by atoms with Gasteiger partial charge in [0.15, 0.2) is 0 Å². The Morgan fingerprint density at radius 3 is 1.96 bits per heavy atom. The van der Waals surface area contributed by atoms with E-state index in [-0.39, 0.29) is 42.1 Å². The Kier molecular flexibility index (Phi) is 12.4. The summed E-state index contributed by atoms with van der Waals surface area (Å²) in [6, 6.07) is -0.380. The summed E-state index contributed by atoms with van der Waals surface area (Å²) < 4.78 is 0. The first-order chi connectivity index (χ1) is 10.1. The number of hydrogen-bond acceptors (Lipinski definition) is 3. The lowest BCUT2D eigenvalue weighted by Gasteiger charge is -2.28. The highest BCUT2D eigenvalue weighted by Gasteiger charge is 2.27. The summed E-state index contributed by atoms with van der Waals surface area (Å²) in [4.78, 5) is 26.2. The van der Waals surface area contributed by atoms with Gasteiger partial charge in [-0.05, 0) is 24.2 Å². The molecular weight excluding hydrogens is 314 g/mol. The van der Waals surface area contributed by atoms with Crippen LogP contribution in [-0.2, 0) is 9.59 Å². The van der Waals surface area contributed by atoms with Crippen molar-refractivity contribution in [1.82, 2.24) is 10.2 Å². The molecule has 0 aromatic rings. The number of rotatable bonds is 9. The third kappa shape index (κ3) is 9.82. The normalized spacial score (nSPS) is 13.7. The van der Waals surface area contributed by atoms with Crippen LogP contribution in [0.3, 0.4) is 0 Å². The van der Waals surface area contributed by atoms with Crippen LogP contribution in [-0.4, -0.2) is 42.4 Å². The topological polar surface area (TPSA) is 75.4 Å². The van der Waals surface area contributed by atoms with Gasteiger partial charge >= 0.3 is 0 Å². The summed E-state index contributed by atoms with van der Waals surface area (Å²) in [5, 5.41) is 2.88. The summed E-state index contributed by atoms with van der Waals surface area (Å²) >= 11 is 0. The molecule has 6 heteroatoms. The lowest BCUT2D eigenvalue weighted by Crippen LogP contribution is -2.51. The monoisotopic (exact) mass is 349 g/mol. The lowest BCUT2D eigenvalue weighted by atomic mass is 10.00. The molecule has 0 aromatic carbocycles. The van der Waals surface area contributed by atoms with Crippen molar-refractivity contribution in [2.24, 2.45) is 23.5 Å². The van der Waals surface area contributed by atoms with Gasteiger partial charge in [0, 0.05) is 26.1 Å². The minimum absolute atomic E-state index is 0. The third-order valence-corrected chi connectivity index (χ3v) is 3.87. The minimum Gasteiger partial charge on any atom is -0.344 e. The number of hydrogen-bond donors (Lipinski definition) is 2. The van der Waals surface area contributed by atoms with Crippen LogP contribution in [0.2, 0.25) is 0 Å². The number of halogens is 1. The van der Waals surface area contributed by atoms with Gasteiger partial charge in [-0.3, -0.25) is 9.59 Å². The Morgan fingerprint density at radius 1 is 1.04 bits per heavy atom. The quantitative estimate of drug-likeness (QED) is 0.671. The summed E-state index contributed by atoms with van der Waals surface area (Å²) in [6.07, 6.45) is 1.21. The van der Waals surface area contributed by atoms with E-state index in [4.69, 9.17) is 5.73 Å². The Hall–Kier alpha value is -0.810. The molecule has 0 aliphatic heterocycles. The van der Waals surface area contributed by atoms with Crippen LogP contribution in [0.15, 0.2) is 0 Å². The number of amides is 2. The van der Waals surface area contributed by atoms with E-state index in [1.54, 1.807) is 11.9 Å². The predicted octanol–water partition coefficient (Wildman–Crippen LogP) is 2.43. The minimum atomic E-state index is -0.466. The molecule has 0 saturated carbocycles. The van der Waals surface area contributed by atoms with Crippen molar-refractivity contribution in [3.05, 3.63) is 0 Å². The molecule has 0 fully saturated rings. The van der Waals surface area contributed by atoms with E-state index in [0.29, 0.717) is 18.9 Å². The molecule has 0 aliphatic rings. The van der Waals surface area contributed by atoms with Gasteiger partial charge in [0.2, 0.25) is 11.8 Å². The fraction of sp³-hybridized carbons (Fsp3) is 0.882. The van der Waals surface area contributed by atoms with E-state index in [1.807, 2.05) is 27.7 Å². The number of nitrogens with two attached hydrogens (primary N) is 1. The lowest BCUT2D eigenvalue weighted by molar-refractivity contribution is -0.136. The highest BCUT2D eigenvalue weighted by molar-refractivity contribution is 5.87. The second kappa shape index (κ2) is 11.7. The van der Waals surface area contributed by atoms with E-state index >= 15 is 0 Å². The van der Waals surface area contributed by atoms with Crippen molar-refractivity contribution < 1.29 is 9.59 Å². The van der Waals surface area contributed by atoms with Crippen LogP contribution in [0.4, 0.5) is 0 Å². The average molecular weight is 350 g/mol. The fourth-order valence-corrected chi connectivity index (χ4v) is 2.14. The Morgan fingerprint density at radius 2 is 1.57 bits per heavy atom. The number of nitrogens with one attached hydrogen (secondary N) is 1. The van der Waals surface area contributed by atoms with Crippen molar-refractivity contribution in [2.75, 3.05) is 13.6 Å². The molecule has 138 valence electrons. The van der Waals surface area contributed by atoms with E-state index in [9.17, 15) is 9.59 Å². The van der Waals surface area contributed by atoms with Crippen LogP contribution in [0.1, 0.15) is 54.4 Å². The largest absolute Gasteiger partial charge is 0.344 e. The van der Waals surface area contributed by atoms with Crippen molar-refractivity contribution >= 4 is 24.2 Å². The molecule has 0 saturated heterocycles. The molecule has 23 heavy (non-hydrogen) atoms. The molecule has 0 rings (SSSR count). The van der Waals surface area contributed by atoms with Gasteiger partial charge in [0.25, 0.3) is 0 Å². The molecular formula is C17H36ClN3O2.